The van der Waals surface area contributed by atoms with Gasteiger partial charge >= 0.3 is 0 Å². The fraction of sp³-hybridized carbons (Fsp3) is 0.375. The van der Waals surface area contributed by atoms with Crippen molar-refractivity contribution in [3.63, 3.8) is 0 Å². The van der Waals surface area contributed by atoms with E-state index in [-0.39, 0.29) is 0 Å². The first-order valence-corrected chi connectivity index (χ1v) is 7.76. The summed E-state index contributed by atoms with van der Waals surface area (Å²) in [5.41, 5.74) is 4.39. The number of hydrazine groups is 1. The van der Waals surface area contributed by atoms with Crippen LogP contribution in [0.25, 0.3) is 0 Å². The fourth-order valence-electron chi connectivity index (χ4n) is 2.61. The Morgan fingerprint density at radius 2 is 1.95 bits per heavy atom. The van der Waals surface area contributed by atoms with Crippen LogP contribution in [0, 0.1) is 0 Å². The van der Waals surface area contributed by atoms with E-state index >= 15 is 0 Å². The van der Waals surface area contributed by atoms with Crippen molar-refractivity contribution >= 4 is 11.3 Å². The van der Waals surface area contributed by atoms with Gasteiger partial charge in [0.05, 0.1) is 0 Å². The van der Waals surface area contributed by atoms with Gasteiger partial charge in [0, 0.05) is 16.8 Å². The molecule has 102 valence electrons. The summed E-state index contributed by atoms with van der Waals surface area (Å²) < 4.78 is 0. The molecule has 2 atom stereocenters. The quantitative estimate of drug-likeness (QED) is 0.597. The van der Waals surface area contributed by atoms with E-state index in [2.05, 4.69) is 60.2 Å². The van der Waals surface area contributed by atoms with Crippen molar-refractivity contribution in [2.75, 3.05) is 0 Å². The Kier molecular flexibility index (Phi) is 5.58. The molecular formula is C16H22N2S. The van der Waals surface area contributed by atoms with Gasteiger partial charge in [0.15, 0.2) is 0 Å². The number of hydrogen-bond acceptors (Lipinski definition) is 3. The third-order valence-electron chi connectivity index (χ3n) is 3.65. The molecule has 1 aromatic heterocycles. The summed E-state index contributed by atoms with van der Waals surface area (Å²) in [4.78, 5) is 1.43. The summed E-state index contributed by atoms with van der Waals surface area (Å²) >= 11 is 1.82. The number of aryl methyl sites for hydroxylation is 1. The molecule has 1 aromatic carbocycles. The van der Waals surface area contributed by atoms with E-state index in [0.29, 0.717) is 12.0 Å². The summed E-state index contributed by atoms with van der Waals surface area (Å²) in [5, 5.41) is 2.13. The van der Waals surface area contributed by atoms with Gasteiger partial charge in [0.2, 0.25) is 0 Å². The van der Waals surface area contributed by atoms with Gasteiger partial charge in [-0.2, -0.15) is 0 Å². The molecule has 19 heavy (non-hydrogen) atoms. The second kappa shape index (κ2) is 7.43. The fourth-order valence-corrected chi connectivity index (χ4v) is 3.33. The van der Waals surface area contributed by atoms with Gasteiger partial charge in [0.1, 0.15) is 0 Å². The first-order chi connectivity index (χ1) is 9.35. The van der Waals surface area contributed by atoms with Crippen LogP contribution in [-0.2, 0) is 6.42 Å². The van der Waals surface area contributed by atoms with Crippen molar-refractivity contribution in [3.8, 4) is 0 Å². The average Bonchev–Trinajstić information content (AvgIpc) is 2.97. The molecule has 2 nitrogen and oxygen atoms in total. The Morgan fingerprint density at radius 1 is 1.16 bits per heavy atom. The molecule has 0 spiro atoms. The molecule has 0 fully saturated rings. The first kappa shape index (κ1) is 14.3. The van der Waals surface area contributed by atoms with Crippen molar-refractivity contribution in [2.24, 2.45) is 5.84 Å². The highest BCUT2D eigenvalue weighted by atomic mass is 32.1. The van der Waals surface area contributed by atoms with E-state index in [1.807, 2.05) is 11.3 Å². The molecule has 0 aliphatic heterocycles. The minimum Gasteiger partial charge on any atom is -0.271 e. The van der Waals surface area contributed by atoms with Crippen molar-refractivity contribution in [1.29, 1.82) is 0 Å². The van der Waals surface area contributed by atoms with Gasteiger partial charge in [0.25, 0.3) is 0 Å². The van der Waals surface area contributed by atoms with Crippen LogP contribution in [0.15, 0.2) is 47.8 Å². The molecule has 2 aromatic rings. The summed E-state index contributed by atoms with van der Waals surface area (Å²) in [5.74, 6) is 6.26. The monoisotopic (exact) mass is 274 g/mol. The van der Waals surface area contributed by atoms with Crippen molar-refractivity contribution in [1.82, 2.24) is 5.43 Å². The average molecular weight is 274 g/mol. The topological polar surface area (TPSA) is 38.0 Å². The molecule has 0 aliphatic carbocycles. The maximum absolute atomic E-state index is 5.78. The number of nitrogens with two attached hydrogens (primary N) is 1. The predicted molar refractivity (Wildman–Crippen MR) is 83.2 cm³/mol. The largest absolute Gasteiger partial charge is 0.271 e. The molecular weight excluding hydrogens is 252 g/mol. The molecule has 0 aliphatic rings. The van der Waals surface area contributed by atoms with Crippen molar-refractivity contribution in [2.45, 2.75) is 38.1 Å². The zero-order valence-corrected chi connectivity index (χ0v) is 12.2. The van der Waals surface area contributed by atoms with Crippen LogP contribution in [0.4, 0.5) is 0 Å². The highest BCUT2D eigenvalue weighted by molar-refractivity contribution is 7.09. The van der Waals surface area contributed by atoms with Gasteiger partial charge in [-0.25, -0.2) is 0 Å². The van der Waals surface area contributed by atoms with Gasteiger partial charge < -0.3 is 0 Å². The lowest BCUT2D eigenvalue weighted by Gasteiger charge is -2.26. The number of hydrogen-bond donors (Lipinski definition) is 2. The van der Waals surface area contributed by atoms with E-state index in [0.717, 1.165) is 19.3 Å². The molecule has 2 rings (SSSR count). The smallest absolute Gasteiger partial charge is 0.0282 e. The Hall–Kier alpha value is -1.16. The minimum absolute atomic E-state index is 0.328. The van der Waals surface area contributed by atoms with Gasteiger partial charge in [-0.3, -0.25) is 11.3 Å². The van der Waals surface area contributed by atoms with Crippen molar-refractivity contribution in [3.05, 3.63) is 58.3 Å². The number of benzene rings is 1. The highest BCUT2D eigenvalue weighted by Crippen LogP contribution is 2.26. The summed E-state index contributed by atoms with van der Waals surface area (Å²) in [7, 11) is 0. The molecule has 0 radical (unpaired) electrons. The summed E-state index contributed by atoms with van der Waals surface area (Å²) in [6.07, 6.45) is 3.27. The van der Waals surface area contributed by atoms with Gasteiger partial charge in [-0.05, 0) is 36.3 Å². The van der Waals surface area contributed by atoms with Crippen molar-refractivity contribution < 1.29 is 0 Å². The van der Waals surface area contributed by atoms with Gasteiger partial charge in [-0.15, -0.1) is 11.3 Å². The van der Waals surface area contributed by atoms with E-state index in [4.69, 9.17) is 5.84 Å². The van der Waals surface area contributed by atoms with E-state index in [9.17, 15) is 0 Å². The Morgan fingerprint density at radius 3 is 2.53 bits per heavy atom. The molecule has 3 heteroatoms. The highest BCUT2D eigenvalue weighted by Gasteiger charge is 2.20. The number of nitrogens with one attached hydrogen (secondary N) is 1. The Balaban J connectivity index is 2.02. The van der Waals surface area contributed by atoms with E-state index in [1.54, 1.807) is 0 Å². The normalized spacial score (nSPS) is 14.2. The van der Waals surface area contributed by atoms with E-state index < -0.39 is 0 Å². The third kappa shape index (κ3) is 3.90. The third-order valence-corrected chi connectivity index (χ3v) is 4.59. The Bertz CT molecular complexity index is 453. The Labute approximate surface area is 119 Å². The van der Waals surface area contributed by atoms with Gasteiger partial charge in [-0.1, -0.05) is 43.3 Å². The summed E-state index contributed by atoms with van der Waals surface area (Å²) in [6, 6.07) is 15.3. The molecule has 2 unspecified atom stereocenters. The molecule has 0 amide bonds. The molecule has 0 saturated heterocycles. The lowest BCUT2D eigenvalue weighted by molar-refractivity contribution is 0.407. The van der Waals surface area contributed by atoms with Crippen LogP contribution in [-0.4, -0.2) is 6.04 Å². The molecule has 1 heterocycles. The minimum atomic E-state index is 0.328. The lowest BCUT2D eigenvalue weighted by Crippen LogP contribution is -2.40. The van der Waals surface area contributed by atoms with Crippen LogP contribution < -0.4 is 11.3 Å². The van der Waals surface area contributed by atoms with Crippen LogP contribution in [0.3, 0.4) is 0 Å². The maximum Gasteiger partial charge on any atom is 0.0282 e. The van der Waals surface area contributed by atoms with Crippen LogP contribution in [0.1, 0.15) is 36.1 Å². The zero-order chi connectivity index (χ0) is 13.5. The molecule has 0 bridgehead atoms. The second-order valence-electron chi connectivity index (χ2n) is 4.82. The maximum atomic E-state index is 5.78. The first-order valence-electron chi connectivity index (χ1n) is 6.88. The van der Waals surface area contributed by atoms with Crippen LogP contribution >= 0.6 is 11.3 Å². The lowest BCUT2D eigenvalue weighted by atomic mass is 9.87. The zero-order valence-electron chi connectivity index (χ0n) is 11.4. The van der Waals surface area contributed by atoms with Crippen LogP contribution in [0.5, 0.6) is 0 Å². The second-order valence-corrected chi connectivity index (χ2v) is 5.85. The standard InChI is InChI=1S/C16H22N2S/c1-2-15(13-7-4-3-5-8-13)16(18-17)11-10-14-9-6-12-19-14/h3-9,12,15-16,18H,2,10-11,17H2,1H3. The molecule has 0 saturated carbocycles. The number of thiophene rings is 1. The molecule has 3 N–H and O–H groups in total. The summed E-state index contributed by atoms with van der Waals surface area (Å²) in [6.45, 7) is 2.23. The van der Waals surface area contributed by atoms with E-state index in [1.165, 1.54) is 10.4 Å². The SMILES string of the molecule is CCC(c1ccccc1)C(CCc1cccs1)NN. The predicted octanol–water partition coefficient (Wildman–Crippen LogP) is 3.71. The number of rotatable bonds is 7. The van der Waals surface area contributed by atoms with Crippen LogP contribution in [0.2, 0.25) is 0 Å².